The molecule has 0 saturated carbocycles. The van der Waals surface area contributed by atoms with Crippen LogP contribution >= 0.6 is 0 Å². The summed E-state index contributed by atoms with van der Waals surface area (Å²) in [5, 5.41) is 9.58. The van der Waals surface area contributed by atoms with Gasteiger partial charge in [0.15, 0.2) is 5.71 Å². The Morgan fingerprint density at radius 2 is 1.38 bits per heavy atom. The molecule has 2 atom stereocenters. The lowest BCUT2D eigenvalue weighted by molar-refractivity contribution is -0.437. The highest BCUT2D eigenvalue weighted by Crippen LogP contribution is 2.50. The number of benzene rings is 2. The van der Waals surface area contributed by atoms with Gasteiger partial charge in [-0.1, -0.05) is 19.9 Å². The Bertz CT molecular complexity index is 2840. The van der Waals surface area contributed by atoms with Crippen LogP contribution in [0.15, 0.2) is 93.1 Å². The van der Waals surface area contributed by atoms with Crippen LogP contribution in [-0.2, 0) is 60.8 Å². The third-order valence-corrected chi connectivity index (χ3v) is 15.5. The third kappa shape index (κ3) is 10.2. The molecule has 0 spiro atoms. The van der Waals surface area contributed by atoms with Crippen LogP contribution in [-0.4, -0.2) is 128 Å². The number of likely N-dealkylation sites (N-methyl/N-ethyl adjacent to an activating group) is 1. The van der Waals surface area contributed by atoms with Crippen molar-refractivity contribution in [3.8, 4) is 0 Å². The van der Waals surface area contributed by atoms with Crippen molar-refractivity contribution in [3.63, 3.8) is 0 Å². The second-order valence-corrected chi connectivity index (χ2v) is 23.1. The molecule has 6 rings (SSSR count). The van der Waals surface area contributed by atoms with Gasteiger partial charge in [-0.05, 0) is 88.2 Å². The van der Waals surface area contributed by atoms with Crippen molar-refractivity contribution in [3.05, 3.63) is 94.4 Å². The number of ether oxygens (including phenoxy) is 1. The molecule has 2 aromatic rings. The first kappa shape index (κ1) is 48.2. The van der Waals surface area contributed by atoms with Crippen LogP contribution in [0.25, 0.3) is 0 Å². The van der Waals surface area contributed by atoms with Crippen molar-refractivity contribution in [2.24, 2.45) is 0 Å². The number of carboxylic acid groups (broad SMARTS) is 1. The van der Waals surface area contributed by atoms with Crippen molar-refractivity contribution < 1.29 is 71.1 Å². The molecule has 0 amide bonds. The average Bonchev–Trinajstić information content (AvgIpc) is 3.64. The molecule has 18 nitrogen and oxygen atoms in total. The zero-order chi connectivity index (χ0) is 46.7. The van der Waals surface area contributed by atoms with Crippen LogP contribution in [0.3, 0.4) is 0 Å². The fourth-order valence-electron chi connectivity index (χ4n) is 9.20. The fourth-order valence-corrected chi connectivity index (χ4v) is 11.2. The SMILES string of the molecule is CN1C2CCC1C(C=CC1=[N+](CCCS(=O)(=O)O)c3ccc(S(=O)(=O)O)cc3C1(C)C)=C(OCCC(=O)O)C2=CC=C1N(CCCS(=O)(=O)O)c2ccc(S(=O)(=O)O)cc2C1(C)C. The number of anilines is 1. The summed E-state index contributed by atoms with van der Waals surface area (Å²) in [6.07, 6.45) is 8.37. The monoisotopic (exact) mass is 954 g/mol. The number of fused-ring (bicyclic) bond motifs is 4. The van der Waals surface area contributed by atoms with Gasteiger partial charge in [-0.3, -0.25) is 27.9 Å². The first-order valence-electron chi connectivity index (χ1n) is 20.0. The molecule has 4 aliphatic heterocycles. The maximum absolute atomic E-state index is 12.2. The Kier molecular flexibility index (Phi) is 13.2. The van der Waals surface area contributed by atoms with Crippen LogP contribution in [0.5, 0.6) is 0 Å². The Morgan fingerprint density at radius 1 is 0.794 bits per heavy atom. The van der Waals surface area contributed by atoms with E-state index in [-0.39, 0.29) is 60.8 Å². The molecule has 2 bridgehead atoms. The van der Waals surface area contributed by atoms with E-state index in [0.29, 0.717) is 63.7 Å². The number of carboxylic acids is 1. The Labute approximate surface area is 367 Å². The highest BCUT2D eigenvalue weighted by Gasteiger charge is 2.47. The lowest BCUT2D eigenvalue weighted by Crippen LogP contribution is -2.40. The van der Waals surface area contributed by atoms with E-state index >= 15 is 0 Å². The summed E-state index contributed by atoms with van der Waals surface area (Å²) in [7, 11) is -15.8. The van der Waals surface area contributed by atoms with Gasteiger partial charge in [0.1, 0.15) is 12.3 Å². The summed E-state index contributed by atoms with van der Waals surface area (Å²) in [6.45, 7) is 7.41. The molecule has 0 radical (unpaired) electrons. The molecular formula is C41H52N3O15S4+. The van der Waals surface area contributed by atoms with Gasteiger partial charge < -0.3 is 14.7 Å². The second kappa shape index (κ2) is 17.3. The molecule has 0 aromatic heterocycles. The van der Waals surface area contributed by atoms with Gasteiger partial charge in [0, 0.05) is 70.7 Å². The number of allylic oxidation sites excluding steroid dienone is 4. The molecule has 63 heavy (non-hydrogen) atoms. The van der Waals surface area contributed by atoms with Crippen LogP contribution in [0.4, 0.5) is 11.4 Å². The van der Waals surface area contributed by atoms with E-state index in [1.54, 1.807) is 0 Å². The van der Waals surface area contributed by atoms with E-state index in [0.717, 1.165) is 0 Å². The maximum atomic E-state index is 12.2. The van der Waals surface area contributed by atoms with E-state index in [1.165, 1.54) is 36.4 Å². The highest BCUT2D eigenvalue weighted by molar-refractivity contribution is 7.86. The number of nitrogens with zero attached hydrogens (tertiary/aromatic N) is 3. The quantitative estimate of drug-likeness (QED) is 0.108. The fraction of sp³-hybridized carbons (Fsp3) is 0.463. The number of hydrogen-bond acceptors (Lipinski definition) is 12. The molecule has 0 aliphatic carbocycles. The zero-order valence-corrected chi connectivity index (χ0v) is 38.6. The van der Waals surface area contributed by atoms with Crippen LogP contribution in [0.1, 0.15) is 70.9 Å². The first-order valence-corrected chi connectivity index (χ1v) is 26.1. The maximum Gasteiger partial charge on any atom is 0.306 e. The third-order valence-electron chi connectivity index (χ3n) is 12.2. The zero-order valence-electron chi connectivity index (χ0n) is 35.3. The minimum absolute atomic E-state index is 0.0107. The van der Waals surface area contributed by atoms with Gasteiger partial charge in [0.05, 0.1) is 39.7 Å². The van der Waals surface area contributed by atoms with E-state index in [1.807, 2.05) is 68.5 Å². The molecular weight excluding hydrogens is 903 g/mol. The van der Waals surface area contributed by atoms with Crippen molar-refractivity contribution in [1.29, 1.82) is 0 Å². The number of aliphatic carboxylic acids is 1. The van der Waals surface area contributed by atoms with Crippen molar-refractivity contribution in [1.82, 2.24) is 4.90 Å². The second-order valence-electron chi connectivity index (χ2n) is 17.1. The molecule has 1 fully saturated rings. The minimum atomic E-state index is -4.58. The molecule has 5 N–H and O–H groups in total. The summed E-state index contributed by atoms with van der Waals surface area (Å²) in [5.41, 5.74) is 3.02. The van der Waals surface area contributed by atoms with Gasteiger partial charge in [-0.2, -0.15) is 38.2 Å². The lowest BCUT2D eigenvalue weighted by Gasteiger charge is -2.36. The largest absolute Gasteiger partial charge is 0.492 e. The summed E-state index contributed by atoms with van der Waals surface area (Å²) < 4.78 is 143. The molecule has 2 aromatic carbocycles. The van der Waals surface area contributed by atoms with Gasteiger partial charge in [0.2, 0.25) is 5.69 Å². The van der Waals surface area contributed by atoms with Crippen LogP contribution in [0, 0.1) is 0 Å². The van der Waals surface area contributed by atoms with Gasteiger partial charge in [-0.15, -0.1) is 0 Å². The lowest BCUT2D eigenvalue weighted by atomic mass is 9.81. The molecule has 344 valence electrons. The topological polar surface area (TPSA) is 273 Å². The Morgan fingerprint density at radius 3 is 1.98 bits per heavy atom. The molecule has 4 aliphatic rings. The first-order chi connectivity index (χ1) is 29.0. The van der Waals surface area contributed by atoms with Crippen LogP contribution < -0.4 is 4.90 Å². The number of rotatable bonds is 17. The summed E-state index contributed by atoms with van der Waals surface area (Å²) >= 11 is 0. The van der Waals surface area contributed by atoms with Crippen molar-refractivity contribution >= 4 is 63.5 Å². The van der Waals surface area contributed by atoms with E-state index in [2.05, 4.69) is 4.90 Å². The predicted molar refractivity (Wildman–Crippen MR) is 233 cm³/mol. The van der Waals surface area contributed by atoms with Crippen molar-refractivity contribution in [2.75, 3.05) is 43.1 Å². The smallest absolute Gasteiger partial charge is 0.306 e. The Hall–Kier alpha value is -4.26. The molecule has 2 unspecified atom stereocenters. The van der Waals surface area contributed by atoms with Gasteiger partial charge >= 0.3 is 5.97 Å². The average molecular weight is 955 g/mol. The van der Waals surface area contributed by atoms with E-state index in [4.69, 9.17) is 4.74 Å². The van der Waals surface area contributed by atoms with Gasteiger partial charge in [-0.25, -0.2) is 0 Å². The minimum Gasteiger partial charge on any atom is -0.492 e. The molecule has 22 heteroatoms. The van der Waals surface area contributed by atoms with E-state index in [9.17, 15) is 61.8 Å². The number of carbonyl (C=O) groups is 1. The number of hydrogen-bond donors (Lipinski definition) is 5. The van der Waals surface area contributed by atoms with Crippen molar-refractivity contribution in [2.45, 2.75) is 92.5 Å². The summed E-state index contributed by atoms with van der Waals surface area (Å²) in [4.78, 5) is 15.1. The summed E-state index contributed by atoms with van der Waals surface area (Å²) in [6, 6.07) is 7.87. The summed E-state index contributed by atoms with van der Waals surface area (Å²) in [5.74, 6) is -1.75. The Balaban J connectivity index is 1.52. The highest BCUT2D eigenvalue weighted by atomic mass is 32.2. The van der Waals surface area contributed by atoms with Crippen LogP contribution in [0.2, 0.25) is 0 Å². The van der Waals surface area contributed by atoms with E-state index < -0.39 is 68.8 Å². The van der Waals surface area contributed by atoms with Gasteiger partial charge in [0.25, 0.3) is 40.5 Å². The molecule has 1 saturated heterocycles. The normalized spacial score (nSPS) is 22.5. The predicted octanol–water partition coefficient (Wildman–Crippen LogP) is 4.50. The molecule has 4 heterocycles. The standard InChI is InChI=1S/C41H51N3O15S4/c1-40(2)30-24-26(62(53,54)55)8-12-34(30)43(19-6-22-60(47,48)49)36(40)16-10-28-32-14-15-33(42(32)5)29(39(28)59-21-18-38(45)46)11-17-37-41(3,4)31-25-27(63(56,57)58)9-13-35(31)44(37)20-7-23-61(50,51)52/h8-13,16-17,24-25,32-33H,6-7,14-15,18-23H2,1-5H3,(H4-,45,46,47,48,49,50,51,52,53,54,55,56,57,58)/p+1.